The van der Waals surface area contributed by atoms with Gasteiger partial charge in [0.25, 0.3) is 0 Å². The van der Waals surface area contributed by atoms with Gasteiger partial charge in [-0.05, 0) is 184 Å². The van der Waals surface area contributed by atoms with Gasteiger partial charge in [0.15, 0.2) is 10.9 Å². The number of hydrogen-bond acceptors (Lipinski definition) is 22. The van der Waals surface area contributed by atoms with Crippen molar-refractivity contribution in [3.05, 3.63) is 80.9 Å². The molecule has 3 unspecified atom stereocenters. The number of fused-ring (bicyclic) bond motifs is 1. The molecular formula is C71H95B3ClN5O20S. The lowest BCUT2D eigenvalue weighted by Crippen LogP contribution is -2.65. The molecular weight excluding hydrogens is 1340 g/mol. The number of nitrogens with two attached hydrogens (primary N) is 1. The van der Waals surface area contributed by atoms with Gasteiger partial charge >= 0.3 is 57.1 Å². The van der Waals surface area contributed by atoms with Crippen LogP contribution in [0.25, 0.3) is 0 Å². The van der Waals surface area contributed by atoms with E-state index in [4.69, 9.17) is 69.0 Å². The van der Waals surface area contributed by atoms with Gasteiger partial charge in [0.05, 0.1) is 62.8 Å². The van der Waals surface area contributed by atoms with Gasteiger partial charge in [-0.15, -0.1) is 22.9 Å². The number of alkyl halides is 1. The van der Waals surface area contributed by atoms with Crippen molar-refractivity contribution in [2.45, 2.75) is 194 Å². The molecule has 4 bridgehead atoms. The van der Waals surface area contributed by atoms with Crippen LogP contribution in [0.15, 0.2) is 41.8 Å². The summed E-state index contributed by atoms with van der Waals surface area (Å²) in [6, 6.07) is 7.81. The number of likely N-dealkylation sites (N-methyl/N-ethyl adjacent to an activating group) is 1. The van der Waals surface area contributed by atoms with Crippen molar-refractivity contribution >= 4 is 96.4 Å². The van der Waals surface area contributed by atoms with E-state index in [9.17, 15) is 43.7 Å². The average Bonchev–Trinajstić information content (AvgIpc) is 1.65. The minimum Gasteiger partial charge on any atom is -0.535 e. The highest BCUT2D eigenvalue weighted by molar-refractivity contribution is 7.13. The number of imide groups is 1. The summed E-state index contributed by atoms with van der Waals surface area (Å²) in [5.74, 6) is -1.38. The van der Waals surface area contributed by atoms with Crippen LogP contribution in [0.3, 0.4) is 0 Å². The van der Waals surface area contributed by atoms with E-state index in [1.54, 1.807) is 39.3 Å². The number of halogens is 1. The third-order valence-corrected chi connectivity index (χ3v) is 22.8. The van der Waals surface area contributed by atoms with Gasteiger partial charge in [0.1, 0.15) is 62.7 Å². The zero-order valence-corrected chi connectivity index (χ0v) is 62.6. The van der Waals surface area contributed by atoms with E-state index in [1.807, 2.05) is 60.6 Å². The fourth-order valence-corrected chi connectivity index (χ4v) is 17.1. The lowest BCUT2D eigenvalue weighted by Gasteiger charge is -2.64. The maximum Gasteiger partial charge on any atom is 0.526 e. The van der Waals surface area contributed by atoms with Crippen molar-refractivity contribution in [3.63, 3.8) is 0 Å². The first kappa shape index (κ1) is 76.5. The van der Waals surface area contributed by atoms with Crippen molar-refractivity contribution in [3.8, 4) is 28.7 Å². The number of amides is 4. The number of anilines is 1. The number of piperazine rings is 1. The predicted molar refractivity (Wildman–Crippen MR) is 378 cm³/mol. The van der Waals surface area contributed by atoms with Gasteiger partial charge in [-0.25, -0.2) is 24.2 Å². The number of carbonyl (C=O) groups is 7. The second kappa shape index (κ2) is 28.8. The number of hydrogen-bond donors (Lipinski definition) is 4. The van der Waals surface area contributed by atoms with Crippen molar-refractivity contribution in [2.24, 2.45) is 34.5 Å². The Morgan fingerprint density at radius 2 is 1.33 bits per heavy atom. The van der Waals surface area contributed by atoms with E-state index >= 15 is 0 Å². The number of aromatic nitrogens is 1. The lowest BCUT2D eigenvalue weighted by atomic mass is 9.43. The fraction of sp³-hybridized carbons (Fsp3) is 0.606. The number of aryl methyl sites for hydroxylation is 1. The molecule has 4 amide bonds. The van der Waals surface area contributed by atoms with Crippen LogP contribution >= 0.6 is 22.9 Å². The molecule has 101 heavy (non-hydrogen) atoms. The van der Waals surface area contributed by atoms with Crippen LogP contribution in [-0.2, 0) is 55.3 Å². The molecule has 3 aromatic carbocycles. The molecule has 1 aromatic heterocycles. The molecule has 14 rings (SSSR count). The van der Waals surface area contributed by atoms with Crippen LogP contribution in [0.2, 0.25) is 5.82 Å². The molecule has 3 saturated heterocycles. The van der Waals surface area contributed by atoms with Crippen molar-refractivity contribution in [2.75, 3.05) is 53.8 Å². The van der Waals surface area contributed by atoms with E-state index < -0.39 is 91.2 Å². The van der Waals surface area contributed by atoms with E-state index in [-0.39, 0.29) is 88.1 Å². The highest BCUT2D eigenvalue weighted by Crippen LogP contribution is 2.67. The number of carbonyl (C=O) groups excluding carboxylic acids is 6. The number of nitrogens with one attached hydrogen (secondary N) is 1. The lowest BCUT2D eigenvalue weighted by molar-refractivity contribution is -0.199. The number of urea groups is 1. The number of nitrogens with zero attached hydrogens (tertiary/aromatic N) is 3. The summed E-state index contributed by atoms with van der Waals surface area (Å²) in [4.78, 5) is 94.8. The largest absolute Gasteiger partial charge is 0.535 e. The number of carboxylic acid groups (broad SMARTS) is 1. The average molecular weight is 1440 g/mol. The third kappa shape index (κ3) is 15.2. The molecule has 6 aliphatic carbocycles. The predicted octanol–water partition coefficient (Wildman–Crippen LogP) is 9.29. The topological polar surface area (TPSA) is 319 Å². The maximum atomic E-state index is 13.5. The fourth-order valence-electron chi connectivity index (χ4n) is 16.2. The minimum absolute atomic E-state index is 0.0222. The second-order valence-electron chi connectivity index (χ2n) is 31.1. The molecule has 11 atom stereocenters. The Balaban J connectivity index is 0.000000165. The molecule has 25 nitrogen and oxygen atoms in total. The molecule has 9 fully saturated rings. The Bertz CT molecular complexity index is 3880. The monoisotopic (exact) mass is 1440 g/mol. The number of methoxy groups -OCH3 is 4. The summed E-state index contributed by atoms with van der Waals surface area (Å²) in [6.07, 6.45) is 4.70. The Hall–Kier alpha value is -7.14. The summed E-state index contributed by atoms with van der Waals surface area (Å²) in [5, 5.41) is 23.8. The Morgan fingerprint density at radius 3 is 1.86 bits per heavy atom. The minimum atomic E-state index is -1.52. The van der Waals surface area contributed by atoms with Crippen LogP contribution in [0.4, 0.5) is 9.93 Å². The summed E-state index contributed by atoms with van der Waals surface area (Å²) >= 11 is 7.92. The van der Waals surface area contributed by atoms with Crippen LogP contribution in [-0.4, -0.2) is 176 Å². The first-order valence-corrected chi connectivity index (χ1v) is 35.7. The number of ketones is 1. The summed E-state index contributed by atoms with van der Waals surface area (Å²) in [6.45, 7) is 28.9. The van der Waals surface area contributed by atoms with Crippen molar-refractivity contribution in [1.82, 2.24) is 20.1 Å². The van der Waals surface area contributed by atoms with Crippen LogP contribution in [0, 0.1) is 41.4 Å². The van der Waals surface area contributed by atoms with E-state index in [1.165, 1.54) is 43.4 Å². The molecule has 30 heteroatoms. The number of benzene rings is 3. The van der Waals surface area contributed by atoms with Gasteiger partial charge in [-0.2, -0.15) is 0 Å². The van der Waals surface area contributed by atoms with Gasteiger partial charge < -0.3 is 77.8 Å². The number of rotatable bonds is 17. The molecule has 4 aliphatic heterocycles. The molecule has 4 aromatic rings. The Labute approximate surface area is 600 Å². The number of nitrogen functional groups attached to an aromatic ring is 1. The number of thiazole rings is 1. The Morgan fingerprint density at radius 1 is 0.762 bits per heavy atom. The van der Waals surface area contributed by atoms with Crippen LogP contribution < -0.4 is 40.1 Å². The quantitative estimate of drug-likeness (QED) is 0.0331. The molecule has 6 saturated carbocycles. The normalized spacial score (nSPS) is 26.3. The zero-order valence-electron chi connectivity index (χ0n) is 61.0. The molecule has 10 aliphatic rings. The highest BCUT2D eigenvalue weighted by Gasteiger charge is 2.70. The van der Waals surface area contributed by atoms with Crippen molar-refractivity contribution < 1.29 is 95.4 Å². The number of esters is 2. The van der Waals surface area contributed by atoms with Crippen LogP contribution in [0.1, 0.15) is 182 Å². The third-order valence-electron chi connectivity index (χ3n) is 21.7. The second-order valence-corrected chi connectivity index (χ2v) is 32.6. The first-order chi connectivity index (χ1) is 47.2. The number of carboxylic acids is 1. The summed E-state index contributed by atoms with van der Waals surface area (Å²) < 4.78 is 64.5. The van der Waals surface area contributed by atoms with Gasteiger partial charge in [0.2, 0.25) is 0 Å². The molecule has 0 spiro atoms. The Kier molecular flexibility index (Phi) is 21.8. The highest BCUT2D eigenvalue weighted by atomic mass is 35.5. The number of aromatic carboxylic acids is 1. The van der Waals surface area contributed by atoms with Crippen molar-refractivity contribution in [1.29, 1.82) is 0 Å². The zero-order chi connectivity index (χ0) is 74.1. The number of Topliss-reactive ketones (excluding diaryl/α,β-unsaturated/α-hetero) is 1. The molecule has 0 radical (unpaired) electrons. The molecule has 5 heterocycles. The maximum absolute atomic E-state index is 13.5. The van der Waals surface area contributed by atoms with E-state index in [0.717, 1.165) is 45.7 Å². The van der Waals surface area contributed by atoms with Gasteiger partial charge in [-0.3, -0.25) is 19.3 Å². The van der Waals surface area contributed by atoms with E-state index in [2.05, 4.69) is 51.8 Å². The molecule has 5 N–H and O–H groups in total. The van der Waals surface area contributed by atoms with Gasteiger partial charge in [0, 0.05) is 42.7 Å². The first-order valence-electron chi connectivity index (χ1n) is 34.3. The number of ether oxygens (including phenoxy) is 6. The standard InChI is InChI=1S/C25H36BClO6.C23H26BN5O9S.C23H33BO5/c1-23(2,3)31-22(28)17-13-16(29-7)9-14(21(17)30-8)10-20(27)26-32-19-12-15-11-18(24(15,4)5)25(19,6)33-26;1-3-28-4-5-29(20(32)19(28)31)23(35)27-17(15-10-39-22(25)26-15)16(30)8-12-6-11-7-13(37-2)9-14(21(33)34)18(11)38-24(12)36;1-13-9-15(20(25)27-21(2,3)4)19(26-8)16(10-13)24-28-18-12-14-11-17(22(14,5)6)23(18,7)29-24/h9,13,15,18-20H,10-12H2,1-8H3;7,9-10,12,17,36H,3-6,8H2,1-2H3,(H2,25,26)(H,27,35)(H,33,34);9-10,14,17-18H,11-12H2,1-8H3/t15-,18-,19?,20+,25-;12-,17?;14-,17-,18?,23-/m010/s1. The smallest absolute Gasteiger partial charge is 0.526 e. The van der Waals surface area contributed by atoms with Gasteiger partial charge in [-0.1, -0.05) is 39.3 Å². The SMILES string of the molecule is CCN1CCN(C(=O)NC(C(=O)C[C@H]2Cc3cc(OC)cc(C(=O)O)c3OB2O)c2csc(N)n2)C(=O)C1=O.COc1c(B2OC3C[C@@H]4C[C@@H](C4(C)C)[C@]3(C)O2)cc(C)cc1C(=O)OC(C)(C)C.COc1cc(C[C@@H](Cl)B2OC3C[C@@H]4C[C@@H](C4(C)C)[C@]3(C)O2)c(OC)c(C(=O)OC(C)(C)C)c1. The van der Waals surface area contributed by atoms with E-state index in [0.29, 0.717) is 70.6 Å². The molecule has 546 valence electrons. The summed E-state index contributed by atoms with van der Waals surface area (Å²) in [7, 11) is 3.45. The summed E-state index contributed by atoms with van der Waals surface area (Å²) in [5.41, 5.74) is 7.95. The van der Waals surface area contributed by atoms with Crippen LogP contribution in [0.5, 0.6) is 28.7 Å².